The molecule has 2 heterocycles. The number of piperidine rings is 1. The summed E-state index contributed by atoms with van der Waals surface area (Å²) < 4.78 is 12.9. The minimum Gasteiger partial charge on any atom is -0.489 e. The van der Waals surface area contributed by atoms with Crippen molar-refractivity contribution in [2.24, 2.45) is 0 Å². The number of amides is 1. The van der Waals surface area contributed by atoms with E-state index in [9.17, 15) is 4.79 Å². The number of hydrogen-bond acceptors (Lipinski definition) is 5. The Balaban J connectivity index is 1.73. The average molecular weight is 421 g/mol. The second kappa shape index (κ2) is 8.53. The van der Waals surface area contributed by atoms with Crippen LogP contribution in [0.4, 0.5) is 10.6 Å². The summed E-state index contributed by atoms with van der Waals surface area (Å²) in [6.45, 7) is 9.67. The van der Waals surface area contributed by atoms with Crippen LogP contribution in [0.5, 0.6) is 5.75 Å². The van der Waals surface area contributed by atoms with E-state index in [0.717, 1.165) is 24.2 Å². The molecule has 0 radical (unpaired) electrons. The highest BCUT2D eigenvalue weighted by Crippen LogP contribution is 2.31. The zero-order chi connectivity index (χ0) is 21.2. The van der Waals surface area contributed by atoms with Crippen molar-refractivity contribution >= 4 is 23.5 Å². The first-order valence-corrected chi connectivity index (χ1v) is 10.3. The standard InChI is InChI=1S/C21H29ClN4O3/c1-5-28-20(27)25-10-8-15(9-11-25)29-17-12-14(6-7-16(17)22)26-19(23)13-18(24-26)21(2,3)4/h6-7,12-13,15H,5,8-11,23H2,1-4H3. The van der Waals surface area contributed by atoms with E-state index in [0.29, 0.717) is 36.3 Å². The Kier molecular flexibility index (Phi) is 6.27. The fraction of sp³-hybridized carbons (Fsp3) is 0.524. The van der Waals surface area contributed by atoms with Crippen LogP contribution in [0.25, 0.3) is 5.69 Å². The van der Waals surface area contributed by atoms with Crippen LogP contribution in [0.1, 0.15) is 46.2 Å². The molecule has 0 aliphatic carbocycles. The van der Waals surface area contributed by atoms with Gasteiger partial charge in [-0.15, -0.1) is 0 Å². The lowest BCUT2D eigenvalue weighted by molar-refractivity contribution is 0.0704. The fourth-order valence-electron chi connectivity index (χ4n) is 3.23. The molecule has 1 aromatic heterocycles. The summed E-state index contributed by atoms with van der Waals surface area (Å²) >= 11 is 6.37. The number of hydrogen-bond donors (Lipinski definition) is 1. The smallest absolute Gasteiger partial charge is 0.409 e. The van der Waals surface area contributed by atoms with Gasteiger partial charge in [-0.05, 0) is 19.1 Å². The number of carbonyl (C=O) groups is 1. The summed E-state index contributed by atoms with van der Waals surface area (Å²) in [7, 11) is 0. The predicted octanol–water partition coefficient (Wildman–Crippen LogP) is 4.41. The molecular formula is C21H29ClN4O3. The van der Waals surface area contributed by atoms with Crippen molar-refractivity contribution in [2.75, 3.05) is 25.4 Å². The van der Waals surface area contributed by atoms with E-state index >= 15 is 0 Å². The molecule has 3 rings (SSSR count). The lowest BCUT2D eigenvalue weighted by Crippen LogP contribution is -2.42. The highest BCUT2D eigenvalue weighted by atomic mass is 35.5. The van der Waals surface area contributed by atoms with E-state index in [4.69, 9.17) is 26.8 Å². The zero-order valence-corrected chi connectivity index (χ0v) is 18.2. The molecule has 2 aromatic rings. The van der Waals surface area contributed by atoms with Gasteiger partial charge >= 0.3 is 6.09 Å². The number of rotatable bonds is 4. The van der Waals surface area contributed by atoms with Crippen molar-refractivity contribution in [3.05, 3.63) is 35.0 Å². The second-order valence-corrected chi connectivity index (χ2v) is 8.64. The minimum absolute atomic E-state index is 0.0199. The molecule has 158 valence electrons. The third-order valence-corrected chi connectivity index (χ3v) is 5.24. The molecule has 7 nitrogen and oxygen atoms in total. The monoisotopic (exact) mass is 420 g/mol. The molecule has 0 spiro atoms. The van der Waals surface area contributed by atoms with Crippen LogP contribution < -0.4 is 10.5 Å². The normalized spacial score (nSPS) is 15.4. The molecule has 0 unspecified atom stereocenters. The van der Waals surface area contributed by atoms with Crippen LogP contribution in [-0.4, -0.2) is 46.6 Å². The third kappa shape index (κ3) is 4.96. The summed E-state index contributed by atoms with van der Waals surface area (Å²) in [4.78, 5) is 13.6. The van der Waals surface area contributed by atoms with Crippen LogP contribution in [0.2, 0.25) is 5.02 Å². The maximum atomic E-state index is 11.8. The summed E-state index contributed by atoms with van der Waals surface area (Å²) in [6, 6.07) is 7.41. The number of nitrogen functional groups attached to an aromatic ring is 1. The first kappa shape index (κ1) is 21.3. The number of halogens is 1. The lowest BCUT2D eigenvalue weighted by Gasteiger charge is -2.31. The molecular weight excluding hydrogens is 392 g/mol. The van der Waals surface area contributed by atoms with Crippen LogP contribution in [0.3, 0.4) is 0 Å². The number of anilines is 1. The maximum Gasteiger partial charge on any atom is 0.409 e. The van der Waals surface area contributed by atoms with Crippen molar-refractivity contribution < 1.29 is 14.3 Å². The van der Waals surface area contributed by atoms with Crippen LogP contribution in [0.15, 0.2) is 24.3 Å². The van der Waals surface area contributed by atoms with E-state index in [2.05, 4.69) is 25.9 Å². The van der Waals surface area contributed by atoms with Crippen molar-refractivity contribution in [3.8, 4) is 11.4 Å². The lowest BCUT2D eigenvalue weighted by atomic mass is 9.92. The molecule has 8 heteroatoms. The number of carbonyl (C=O) groups excluding carboxylic acids is 1. The van der Waals surface area contributed by atoms with Gasteiger partial charge in [-0.1, -0.05) is 32.4 Å². The maximum absolute atomic E-state index is 11.8. The Morgan fingerprint density at radius 3 is 2.55 bits per heavy atom. The van der Waals surface area contributed by atoms with Crippen molar-refractivity contribution in [1.29, 1.82) is 0 Å². The Bertz CT molecular complexity index is 867. The van der Waals surface area contributed by atoms with Gasteiger partial charge in [0.1, 0.15) is 17.7 Å². The van der Waals surface area contributed by atoms with Crippen LogP contribution >= 0.6 is 11.6 Å². The molecule has 0 bridgehead atoms. The zero-order valence-electron chi connectivity index (χ0n) is 17.4. The molecule has 1 fully saturated rings. The van der Waals surface area contributed by atoms with Gasteiger partial charge in [-0.3, -0.25) is 0 Å². The van der Waals surface area contributed by atoms with Gasteiger partial charge in [0, 0.05) is 43.5 Å². The highest BCUT2D eigenvalue weighted by molar-refractivity contribution is 6.32. The number of ether oxygens (including phenoxy) is 2. The first-order chi connectivity index (χ1) is 13.7. The quantitative estimate of drug-likeness (QED) is 0.792. The topological polar surface area (TPSA) is 82.6 Å². The summed E-state index contributed by atoms with van der Waals surface area (Å²) in [5.74, 6) is 1.15. The third-order valence-electron chi connectivity index (χ3n) is 4.93. The van der Waals surface area contributed by atoms with Crippen LogP contribution in [0, 0.1) is 0 Å². The highest BCUT2D eigenvalue weighted by Gasteiger charge is 2.25. The Hall–Kier alpha value is -2.41. The predicted molar refractivity (Wildman–Crippen MR) is 114 cm³/mol. The molecule has 1 aliphatic heterocycles. The minimum atomic E-state index is -0.269. The molecule has 0 saturated carbocycles. The SMILES string of the molecule is CCOC(=O)N1CCC(Oc2cc(-n3nc(C(C)(C)C)cc3N)ccc2Cl)CC1. The fourth-order valence-corrected chi connectivity index (χ4v) is 3.40. The number of likely N-dealkylation sites (tertiary alicyclic amines) is 1. The summed E-state index contributed by atoms with van der Waals surface area (Å²) in [5, 5.41) is 5.18. The molecule has 1 aliphatic rings. The van der Waals surface area contributed by atoms with Crippen LogP contribution in [-0.2, 0) is 10.2 Å². The summed E-state index contributed by atoms with van der Waals surface area (Å²) in [5.41, 5.74) is 7.80. The van der Waals surface area contributed by atoms with Gasteiger partial charge in [-0.25, -0.2) is 9.48 Å². The molecule has 1 aromatic carbocycles. The Labute approximate surface area is 176 Å². The van der Waals surface area contributed by atoms with Crippen molar-refractivity contribution in [1.82, 2.24) is 14.7 Å². The average Bonchev–Trinajstić information content (AvgIpc) is 3.06. The van der Waals surface area contributed by atoms with Gasteiger partial charge in [-0.2, -0.15) is 5.10 Å². The first-order valence-electron chi connectivity index (χ1n) is 9.93. The Morgan fingerprint density at radius 2 is 1.97 bits per heavy atom. The Morgan fingerprint density at radius 1 is 1.28 bits per heavy atom. The largest absolute Gasteiger partial charge is 0.489 e. The second-order valence-electron chi connectivity index (χ2n) is 8.23. The molecule has 0 atom stereocenters. The molecule has 1 saturated heterocycles. The number of benzene rings is 1. The number of aromatic nitrogens is 2. The molecule has 29 heavy (non-hydrogen) atoms. The van der Waals surface area contributed by atoms with Gasteiger partial charge in [0.15, 0.2) is 0 Å². The van der Waals surface area contributed by atoms with E-state index in [1.807, 2.05) is 18.2 Å². The molecule has 1 amide bonds. The van der Waals surface area contributed by atoms with E-state index in [-0.39, 0.29) is 17.6 Å². The van der Waals surface area contributed by atoms with E-state index in [1.54, 1.807) is 22.6 Å². The van der Waals surface area contributed by atoms with Gasteiger partial charge < -0.3 is 20.1 Å². The number of nitrogens with two attached hydrogens (primary N) is 1. The van der Waals surface area contributed by atoms with E-state index in [1.165, 1.54) is 0 Å². The van der Waals surface area contributed by atoms with E-state index < -0.39 is 0 Å². The van der Waals surface area contributed by atoms with Gasteiger partial charge in [0.25, 0.3) is 0 Å². The molecule has 2 N–H and O–H groups in total. The van der Waals surface area contributed by atoms with Gasteiger partial charge in [0.2, 0.25) is 0 Å². The van der Waals surface area contributed by atoms with Gasteiger partial charge in [0.05, 0.1) is 23.0 Å². The number of nitrogens with zero attached hydrogens (tertiary/aromatic N) is 3. The summed E-state index contributed by atoms with van der Waals surface area (Å²) in [6.07, 6.45) is 1.15. The van der Waals surface area contributed by atoms with Crippen molar-refractivity contribution in [2.45, 2.75) is 52.1 Å². The van der Waals surface area contributed by atoms with Crippen molar-refractivity contribution in [3.63, 3.8) is 0 Å².